The van der Waals surface area contributed by atoms with Crippen molar-refractivity contribution in [3.05, 3.63) is 69.3 Å². The quantitative estimate of drug-likeness (QED) is 0.381. The van der Waals surface area contributed by atoms with Crippen molar-refractivity contribution in [3.8, 4) is 0 Å². The first-order chi connectivity index (χ1) is 11.4. The Hall–Kier alpha value is -2.80. The third-order valence-corrected chi connectivity index (χ3v) is 3.64. The number of rotatable bonds is 4. The highest BCUT2D eigenvalue weighted by Crippen LogP contribution is 2.16. The smallest absolute Gasteiger partial charge is 0.269 e. The first-order valence-corrected chi connectivity index (χ1v) is 7.71. The van der Waals surface area contributed by atoms with Gasteiger partial charge in [-0.2, -0.15) is 5.10 Å². The van der Waals surface area contributed by atoms with E-state index in [4.69, 9.17) is 12.2 Å². The predicted octanol–water partition coefficient (Wildman–Crippen LogP) is 3.92. The Labute approximate surface area is 145 Å². The number of nitro benzene ring substituents is 1. The molecular weight excluding hydrogens is 324 g/mol. The number of hydrazone groups is 1. The van der Waals surface area contributed by atoms with Gasteiger partial charge in [0.05, 0.1) is 10.6 Å². The molecule has 0 aliphatic rings. The van der Waals surface area contributed by atoms with E-state index in [1.807, 2.05) is 26.0 Å². The van der Waals surface area contributed by atoms with Gasteiger partial charge in [0, 0.05) is 17.8 Å². The van der Waals surface area contributed by atoms with E-state index in [2.05, 4.69) is 21.9 Å². The van der Waals surface area contributed by atoms with Crippen LogP contribution in [0.3, 0.4) is 0 Å². The van der Waals surface area contributed by atoms with Gasteiger partial charge in [-0.1, -0.05) is 17.7 Å². The molecule has 2 aromatic carbocycles. The highest BCUT2D eigenvalue weighted by Gasteiger charge is 2.06. The van der Waals surface area contributed by atoms with E-state index in [9.17, 15) is 10.1 Å². The largest absolute Gasteiger partial charge is 0.331 e. The fourth-order valence-electron chi connectivity index (χ4n) is 2.13. The SMILES string of the molecule is CC(=NNC(=S)Nc1ccc(C)cc1C)c1ccc([N+](=O)[O-])cc1. The van der Waals surface area contributed by atoms with Crippen molar-refractivity contribution < 1.29 is 4.92 Å². The number of non-ortho nitro benzene ring substituents is 1. The van der Waals surface area contributed by atoms with Gasteiger partial charge in [0.25, 0.3) is 5.69 Å². The fourth-order valence-corrected chi connectivity index (χ4v) is 2.28. The van der Waals surface area contributed by atoms with E-state index in [-0.39, 0.29) is 5.69 Å². The lowest BCUT2D eigenvalue weighted by Gasteiger charge is -2.11. The molecule has 7 heteroatoms. The van der Waals surface area contributed by atoms with Crippen molar-refractivity contribution in [1.82, 2.24) is 5.43 Å². The van der Waals surface area contributed by atoms with Gasteiger partial charge in [-0.25, -0.2) is 0 Å². The molecule has 0 saturated heterocycles. The lowest BCUT2D eigenvalue weighted by molar-refractivity contribution is -0.384. The molecule has 2 rings (SSSR count). The van der Waals surface area contributed by atoms with E-state index in [1.54, 1.807) is 19.1 Å². The summed E-state index contributed by atoms with van der Waals surface area (Å²) in [7, 11) is 0. The van der Waals surface area contributed by atoms with Crippen LogP contribution >= 0.6 is 12.2 Å². The summed E-state index contributed by atoms with van der Waals surface area (Å²) in [6.45, 7) is 5.84. The average molecular weight is 342 g/mol. The summed E-state index contributed by atoms with van der Waals surface area (Å²) in [4.78, 5) is 10.2. The maximum Gasteiger partial charge on any atom is 0.269 e. The number of nitro groups is 1. The van der Waals surface area contributed by atoms with Crippen molar-refractivity contribution in [2.75, 3.05) is 5.32 Å². The first kappa shape index (κ1) is 17.6. The number of hydrogen-bond donors (Lipinski definition) is 2. The van der Waals surface area contributed by atoms with Crippen LogP contribution in [0.1, 0.15) is 23.6 Å². The Morgan fingerprint density at radius 1 is 1.17 bits per heavy atom. The molecule has 6 nitrogen and oxygen atoms in total. The molecule has 0 heterocycles. The number of anilines is 1. The number of aryl methyl sites for hydroxylation is 2. The van der Waals surface area contributed by atoms with Gasteiger partial charge in [0.15, 0.2) is 5.11 Å². The molecule has 0 fully saturated rings. The van der Waals surface area contributed by atoms with Crippen molar-refractivity contribution in [2.45, 2.75) is 20.8 Å². The van der Waals surface area contributed by atoms with Crippen LogP contribution in [0.25, 0.3) is 0 Å². The van der Waals surface area contributed by atoms with E-state index in [0.717, 1.165) is 16.8 Å². The lowest BCUT2D eigenvalue weighted by atomic mass is 10.1. The number of nitrogens with one attached hydrogen (secondary N) is 2. The average Bonchev–Trinajstić information content (AvgIpc) is 2.55. The number of benzene rings is 2. The molecule has 2 N–H and O–H groups in total. The van der Waals surface area contributed by atoms with E-state index in [0.29, 0.717) is 10.8 Å². The molecule has 0 aliphatic heterocycles. The second kappa shape index (κ2) is 7.65. The summed E-state index contributed by atoms with van der Waals surface area (Å²) in [5, 5.41) is 18.3. The molecule has 0 saturated carbocycles. The molecule has 0 radical (unpaired) electrons. The van der Waals surface area contributed by atoms with Crippen LogP contribution in [-0.4, -0.2) is 15.7 Å². The van der Waals surface area contributed by atoms with Crippen molar-refractivity contribution in [3.63, 3.8) is 0 Å². The van der Waals surface area contributed by atoms with Crippen LogP contribution in [-0.2, 0) is 0 Å². The molecule has 0 aromatic heterocycles. The van der Waals surface area contributed by atoms with Gasteiger partial charge in [0.2, 0.25) is 0 Å². The van der Waals surface area contributed by atoms with E-state index in [1.165, 1.54) is 17.7 Å². The van der Waals surface area contributed by atoms with Crippen LogP contribution < -0.4 is 10.7 Å². The van der Waals surface area contributed by atoms with Gasteiger partial charge in [0.1, 0.15) is 0 Å². The minimum atomic E-state index is -0.433. The second-order valence-electron chi connectivity index (χ2n) is 5.39. The Bertz CT molecular complexity index is 801. The van der Waals surface area contributed by atoms with Crippen LogP contribution in [0.2, 0.25) is 0 Å². The number of hydrogen-bond acceptors (Lipinski definition) is 4. The third kappa shape index (κ3) is 4.60. The van der Waals surface area contributed by atoms with Crippen LogP contribution in [0.5, 0.6) is 0 Å². The molecule has 0 atom stereocenters. The predicted molar refractivity (Wildman–Crippen MR) is 101 cm³/mol. The lowest BCUT2D eigenvalue weighted by Crippen LogP contribution is -2.25. The summed E-state index contributed by atoms with van der Waals surface area (Å²) in [6, 6.07) is 12.2. The number of nitrogens with zero attached hydrogens (tertiary/aromatic N) is 2. The summed E-state index contributed by atoms with van der Waals surface area (Å²) in [5.74, 6) is 0. The van der Waals surface area contributed by atoms with Crippen molar-refractivity contribution in [1.29, 1.82) is 0 Å². The molecule has 2 aromatic rings. The van der Waals surface area contributed by atoms with Crippen LogP contribution in [0.4, 0.5) is 11.4 Å². The van der Waals surface area contributed by atoms with E-state index < -0.39 is 4.92 Å². The molecule has 0 aliphatic carbocycles. The molecule has 0 unspecified atom stereocenters. The zero-order chi connectivity index (χ0) is 17.7. The zero-order valence-electron chi connectivity index (χ0n) is 13.7. The molecule has 124 valence electrons. The van der Waals surface area contributed by atoms with Crippen molar-refractivity contribution >= 4 is 34.4 Å². The zero-order valence-corrected chi connectivity index (χ0v) is 14.5. The number of thiocarbonyl (C=S) groups is 1. The molecule has 24 heavy (non-hydrogen) atoms. The highest BCUT2D eigenvalue weighted by atomic mass is 32.1. The third-order valence-electron chi connectivity index (χ3n) is 3.45. The van der Waals surface area contributed by atoms with Crippen LogP contribution in [0, 0.1) is 24.0 Å². The van der Waals surface area contributed by atoms with Gasteiger partial charge < -0.3 is 5.32 Å². The van der Waals surface area contributed by atoms with E-state index >= 15 is 0 Å². The normalized spacial score (nSPS) is 11.0. The Morgan fingerprint density at radius 3 is 2.42 bits per heavy atom. The molecular formula is C17H18N4O2S. The summed E-state index contributed by atoms with van der Waals surface area (Å²) < 4.78 is 0. The van der Waals surface area contributed by atoms with Gasteiger partial charge in [-0.15, -0.1) is 0 Å². The summed E-state index contributed by atoms with van der Waals surface area (Å²) >= 11 is 5.23. The Balaban J connectivity index is 2.00. The van der Waals surface area contributed by atoms with Gasteiger partial charge in [-0.3, -0.25) is 15.5 Å². The topological polar surface area (TPSA) is 79.6 Å². The maximum absolute atomic E-state index is 10.7. The highest BCUT2D eigenvalue weighted by molar-refractivity contribution is 7.80. The Kier molecular flexibility index (Phi) is 5.59. The second-order valence-corrected chi connectivity index (χ2v) is 5.79. The standard InChI is InChI=1S/C17H18N4O2S/c1-11-4-9-16(12(2)10-11)18-17(24)20-19-13(3)14-5-7-15(8-6-14)21(22)23/h4-10H,1-3H3,(H2,18,20,24). The first-order valence-electron chi connectivity index (χ1n) is 7.30. The minimum Gasteiger partial charge on any atom is -0.331 e. The van der Waals surface area contributed by atoms with Crippen molar-refractivity contribution in [2.24, 2.45) is 5.10 Å². The molecule has 0 amide bonds. The van der Waals surface area contributed by atoms with Gasteiger partial charge in [-0.05, 0) is 62.3 Å². The molecule has 0 bridgehead atoms. The molecule has 0 spiro atoms. The maximum atomic E-state index is 10.7. The fraction of sp³-hybridized carbons (Fsp3) is 0.176. The minimum absolute atomic E-state index is 0.0477. The monoisotopic (exact) mass is 342 g/mol. The summed E-state index contributed by atoms with van der Waals surface area (Å²) in [6.07, 6.45) is 0. The van der Waals surface area contributed by atoms with Gasteiger partial charge >= 0.3 is 0 Å². The van der Waals surface area contributed by atoms with Crippen LogP contribution in [0.15, 0.2) is 47.6 Å². The summed E-state index contributed by atoms with van der Waals surface area (Å²) in [5.41, 5.74) is 7.48. The Morgan fingerprint density at radius 2 is 1.83 bits per heavy atom.